The van der Waals surface area contributed by atoms with E-state index in [2.05, 4.69) is 66.0 Å². The number of nitrogens with one attached hydrogen (secondary N) is 1. The summed E-state index contributed by atoms with van der Waals surface area (Å²) in [5.74, 6) is 0.828. The summed E-state index contributed by atoms with van der Waals surface area (Å²) in [4.78, 5) is 21.3. The molecule has 4 rings (SSSR count). The Balaban J connectivity index is 1.52. The van der Waals surface area contributed by atoms with Crippen LogP contribution in [-0.2, 0) is 16.0 Å². The van der Waals surface area contributed by atoms with E-state index in [0.29, 0.717) is 12.0 Å². The number of carbonyl (C=O) groups is 1. The number of nitrogens with zero attached hydrogens (tertiary/aromatic N) is 3. The number of likely N-dealkylation sites (N-methyl/N-ethyl adjacent to an activating group) is 1. The molecule has 3 aliphatic rings. The molecule has 0 saturated carbocycles. The van der Waals surface area contributed by atoms with Crippen molar-refractivity contribution in [1.29, 1.82) is 0 Å². The van der Waals surface area contributed by atoms with Crippen LogP contribution in [0.1, 0.15) is 63.5 Å². The zero-order valence-electron chi connectivity index (χ0n) is 22.6. The predicted octanol–water partition coefficient (Wildman–Crippen LogP) is 4.17. The SMILES string of the molecule is CCCCCCN1CCCC(C)C1C(CN1CCOCC1)N(C)C(=O)C1Cc2cccc(C)c2N1. The quantitative estimate of drug-likeness (QED) is 0.505. The molecule has 6 heteroatoms. The van der Waals surface area contributed by atoms with Gasteiger partial charge in [0.25, 0.3) is 0 Å². The van der Waals surface area contributed by atoms with Crippen LogP contribution in [0.5, 0.6) is 0 Å². The van der Waals surface area contributed by atoms with Gasteiger partial charge < -0.3 is 15.0 Å². The Morgan fingerprint density at radius 3 is 2.74 bits per heavy atom. The minimum absolute atomic E-state index is 0.166. The van der Waals surface area contributed by atoms with Crippen LogP contribution in [0.2, 0.25) is 0 Å². The first-order valence-electron chi connectivity index (χ1n) is 14.2. The van der Waals surface area contributed by atoms with Gasteiger partial charge in [0.15, 0.2) is 0 Å². The standard InChI is InChI=1S/C29H48N4O2/c1-5-6-7-8-14-33-15-10-12-23(3)28(33)26(21-32-16-18-35-19-17-32)31(4)29(34)25-20-24-13-9-11-22(2)27(24)30-25/h9,11,13,23,25-26,28,30H,5-8,10,12,14-21H2,1-4H3. The number of ether oxygens (including phenoxy) is 1. The Hall–Kier alpha value is -1.63. The molecule has 3 aliphatic heterocycles. The lowest BCUT2D eigenvalue weighted by Crippen LogP contribution is -2.62. The Kier molecular flexibility index (Phi) is 9.48. The number of para-hydroxylation sites is 1. The molecule has 1 aromatic carbocycles. The second kappa shape index (κ2) is 12.6. The summed E-state index contributed by atoms with van der Waals surface area (Å²) in [7, 11) is 2.07. The van der Waals surface area contributed by atoms with E-state index in [0.717, 1.165) is 58.0 Å². The van der Waals surface area contributed by atoms with E-state index in [4.69, 9.17) is 4.74 Å². The van der Waals surface area contributed by atoms with Gasteiger partial charge in [-0.1, -0.05) is 51.3 Å². The molecule has 4 unspecified atom stereocenters. The molecule has 2 fully saturated rings. The zero-order valence-corrected chi connectivity index (χ0v) is 22.6. The maximum Gasteiger partial charge on any atom is 0.245 e. The normalized spacial score (nSPS) is 26.2. The fraction of sp³-hybridized carbons (Fsp3) is 0.759. The van der Waals surface area contributed by atoms with Gasteiger partial charge in [0, 0.05) is 44.8 Å². The fourth-order valence-corrected chi connectivity index (χ4v) is 6.54. The first-order chi connectivity index (χ1) is 17.0. The number of benzene rings is 1. The molecule has 3 heterocycles. The second-order valence-electron chi connectivity index (χ2n) is 11.1. The number of likely N-dealkylation sites (tertiary alicyclic amines) is 1. The van der Waals surface area contributed by atoms with Crippen molar-refractivity contribution in [3.8, 4) is 0 Å². The number of carbonyl (C=O) groups excluding carboxylic acids is 1. The summed E-state index contributed by atoms with van der Waals surface area (Å²) in [6.45, 7) is 13.6. The van der Waals surface area contributed by atoms with Crippen LogP contribution in [0.3, 0.4) is 0 Å². The van der Waals surface area contributed by atoms with Gasteiger partial charge in [0.1, 0.15) is 6.04 Å². The van der Waals surface area contributed by atoms with E-state index in [1.807, 2.05) is 0 Å². The Morgan fingerprint density at radius 2 is 2.00 bits per heavy atom. The first-order valence-corrected chi connectivity index (χ1v) is 14.2. The topological polar surface area (TPSA) is 48.1 Å². The average Bonchev–Trinajstić information content (AvgIpc) is 3.31. The van der Waals surface area contributed by atoms with Crippen molar-refractivity contribution in [2.45, 2.75) is 83.8 Å². The van der Waals surface area contributed by atoms with E-state index in [9.17, 15) is 4.79 Å². The van der Waals surface area contributed by atoms with Crippen LogP contribution < -0.4 is 5.32 Å². The molecule has 1 amide bonds. The van der Waals surface area contributed by atoms with E-state index >= 15 is 0 Å². The monoisotopic (exact) mass is 484 g/mol. The van der Waals surface area contributed by atoms with Gasteiger partial charge in [-0.2, -0.15) is 0 Å². The van der Waals surface area contributed by atoms with E-state index in [1.54, 1.807) is 0 Å². The number of rotatable bonds is 10. The highest BCUT2D eigenvalue weighted by molar-refractivity contribution is 5.88. The largest absolute Gasteiger partial charge is 0.379 e. The van der Waals surface area contributed by atoms with Crippen molar-refractivity contribution in [2.75, 3.05) is 58.3 Å². The number of piperidine rings is 1. The predicted molar refractivity (Wildman–Crippen MR) is 144 cm³/mol. The smallest absolute Gasteiger partial charge is 0.245 e. The first kappa shape index (κ1) is 26.4. The molecule has 4 atom stereocenters. The molecule has 1 N–H and O–H groups in total. The van der Waals surface area contributed by atoms with Gasteiger partial charge in [0.05, 0.1) is 19.3 Å². The second-order valence-corrected chi connectivity index (χ2v) is 11.1. The summed E-state index contributed by atoms with van der Waals surface area (Å²) < 4.78 is 5.64. The lowest BCUT2D eigenvalue weighted by molar-refractivity contribution is -0.136. The molecule has 196 valence electrons. The van der Waals surface area contributed by atoms with Crippen molar-refractivity contribution in [3.63, 3.8) is 0 Å². The van der Waals surface area contributed by atoms with Gasteiger partial charge in [0.2, 0.25) is 5.91 Å². The molecule has 0 bridgehead atoms. The van der Waals surface area contributed by atoms with Crippen molar-refractivity contribution >= 4 is 11.6 Å². The van der Waals surface area contributed by atoms with Crippen LogP contribution >= 0.6 is 0 Å². The van der Waals surface area contributed by atoms with Gasteiger partial charge in [-0.3, -0.25) is 14.6 Å². The van der Waals surface area contributed by atoms with E-state index in [-0.39, 0.29) is 18.0 Å². The molecule has 1 aromatic rings. The summed E-state index contributed by atoms with van der Waals surface area (Å²) >= 11 is 0. The van der Waals surface area contributed by atoms with Crippen LogP contribution in [0.15, 0.2) is 18.2 Å². The fourth-order valence-electron chi connectivity index (χ4n) is 6.54. The minimum atomic E-state index is -0.166. The molecule has 2 saturated heterocycles. The molecule has 35 heavy (non-hydrogen) atoms. The van der Waals surface area contributed by atoms with Crippen molar-refractivity contribution in [3.05, 3.63) is 29.3 Å². The van der Waals surface area contributed by atoms with Crippen LogP contribution in [0, 0.1) is 12.8 Å². The summed E-state index contributed by atoms with van der Waals surface area (Å²) in [6.07, 6.45) is 8.46. The minimum Gasteiger partial charge on any atom is -0.379 e. The van der Waals surface area contributed by atoms with E-state index < -0.39 is 0 Å². The molecule has 0 aromatic heterocycles. The Morgan fingerprint density at radius 1 is 1.20 bits per heavy atom. The lowest BCUT2D eigenvalue weighted by atomic mass is 9.84. The maximum atomic E-state index is 14.0. The number of unbranched alkanes of at least 4 members (excludes halogenated alkanes) is 3. The molecular formula is C29H48N4O2. The van der Waals surface area contributed by atoms with Gasteiger partial charge in [-0.15, -0.1) is 0 Å². The highest BCUT2D eigenvalue weighted by atomic mass is 16.5. The van der Waals surface area contributed by atoms with Crippen molar-refractivity contribution < 1.29 is 9.53 Å². The molecule has 6 nitrogen and oxygen atoms in total. The summed E-state index contributed by atoms with van der Waals surface area (Å²) in [5.41, 5.74) is 3.65. The van der Waals surface area contributed by atoms with Crippen molar-refractivity contribution in [2.24, 2.45) is 5.92 Å². The number of anilines is 1. The summed E-state index contributed by atoms with van der Waals surface area (Å²) in [6, 6.07) is 6.83. The lowest BCUT2D eigenvalue weighted by Gasteiger charge is -2.49. The van der Waals surface area contributed by atoms with Gasteiger partial charge in [-0.05, 0) is 56.3 Å². The number of amides is 1. The zero-order chi connectivity index (χ0) is 24.8. The molecule has 0 radical (unpaired) electrons. The molecule has 0 spiro atoms. The van der Waals surface area contributed by atoms with Crippen molar-refractivity contribution in [1.82, 2.24) is 14.7 Å². The number of aryl methyl sites for hydroxylation is 1. The Labute approximate surface area is 213 Å². The van der Waals surface area contributed by atoms with Gasteiger partial charge in [-0.25, -0.2) is 0 Å². The molecular weight excluding hydrogens is 436 g/mol. The molecule has 0 aliphatic carbocycles. The van der Waals surface area contributed by atoms with Gasteiger partial charge >= 0.3 is 0 Å². The number of fused-ring (bicyclic) bond motifs is 1. The van der Waals surface area contributed by atoms with Crippen LogP contribution in [0.25, 0.3) is 0 Å². The highest BCUT2D eigenvalue weighted by Gasteiger charge is 2.41. The number of hydrogen-bond acceptors (Lipinski definition) is 5. The van der Waals surface area contributed by atoms with Crippen LogP contribution in [-0.4, -0.2) is 91.7 Å². The third-order valence-electron chi connectivity index (χ3n) is 8.60. The van der Waals surface area contributed by atoms with Crippen LogP contribution in [0.4, 0.5) is 5.69 Å². The third kappa shape index (κ3) is 6.39. The third-order valence-corrected chi connectivity index (χ3v) is 8.60. The Bertz CT molecular complexity index is 825. The number of hydrogen-bond donors (Lipinski definition) is 1. The highest BCUT2D eigenvalue weighted by Crippen LogP contribution is 2.32. The maximum absolute atomic E-state index is 14.0. The average molecular weight is 485 g/mol. The number of morpholine rings is 1. The summed E-state index contributed by atoms with van der Waals surface area (Å²) in [5, 5.41) is 3.58. The van der Waals surface area contributed by atoms with E-state index in [1.165, 1.54) is 49.7 Å².